The molecular weight excluding hydrogens is 232 g/mol. The number of aromatic nitrogens is 3. The van der Waals surface area contributed by atoms with Crippen molar-refractivity contribution in [2.75, 3.05) is 33.5 Å². The minimum absolute atomic E-state index is 0.619. The maximum Gasteiger partial charge on any atom is 0.164 e. The molecule has 6 heteroatoms. The first-order valence-corrected chi connectivity index (χ1v) is 6.38. The Kier molecular flexibility index (Phi) is 7.55. The molecule has 0 radical (unpaired) electrons. The Morgan fingerprint density at radius 3 is 2.89 bits per heavy atom. The number of methoxy groups -OCH3 is 1. The molecule has 0 saturated carbocycles. The SMILES string of the molecule is COCCOCCn1cnc(CNCC(C)C)n1. The van der Waals surface area contributed by atoms with Crippen LogP contribution in [-0.4, -0.2) is 48.2 Å². The molecule has 0 fully saturated rings. The summed E-state index contributed by atoms with van der Waals surface area (Å²) >= 11 is 0. The Hall–Kier alpha value is -0.980. The van der Waals surface area contributed by atoms with Crippen molar-refractivity contribution < 1.29 is 9.47 Å². The van der Waals surface area contributed by atoms with Crippen LogP contribution in [0.3, 0.4) is 0 Å². The van der Waals surface area contributed by atoms with Gasteiger partial charge in [0.1, 0.15) is 6.33 Å². The molecule has 104 valence electrons. The molecule has 1 aromatic rings. The number of nitrogens with zero attached hydrogens (tertiary/aromatic N) is 3. The summed E-state index contributed by atoms with van der Waals surface area (Å²) in [6.45, 7) is 8.65. The third-order valence-electron chi connectivity index (χ3n) is 2.32. The van der Waals surface area contributed by atoms with Gasteiger partial charge in [-0.05, 0) is 12.5 Å². The monoisotopic (exact) mass is 256 g/mol. The molecule has 1 aromatic heterocycles. The summed E-state index contributed by atoms with van der Waals surface area (Å²) in [4.78, 5) is 4.24. The lowest BCUT2D eigenvalue weighted by Gasteiger charge is -2.04. The van der Waals surface area contributed by atoms with E-state index in [1.54, 1.807) is 18.1 Å². The first kappa shape index (κ1) is 15.1. The fourth-order valence-electron chi connectivity index (χ4n) is 1.40. The number of ether oxygens (including phenoxy) is 2. The molecule has 0 aromatic carbocycles. The van der Waals surface area contributed by atoms with Gasteiger partial charge in [0.15, 0.2) is 5.82 Å². The van der Waals surface area contributed by atoms with Gasteiger partial charge in [-0.15, -0.1) is 0 Å². The van der Waals surface area contributed by atoms with E-state index in [0.29, 0.717) is 25.7 Å². The first-order valence-electron chi connectivity index (χ1n) is 6.38. The molecular formula is C12H24N4O2. The quantitative estimate of drug-likeness (QED) is 0.624. The van der Waals surface area contributed by atoms with E-state index < -0.39 is 0 Å². The Bertz CT molecular complexity index is 315. The second-order valence-corrected chi connectivity index (χ2v) is 4.55. The zero-order valence-electron chi connectivity index (χ0n) is 11.6. The molecule has 18 heavy (non-hydrogen) atoms. The van der Waals surface area contributed by atoms with Crippen molar-refractivity contribution in [3.05, 3.63) is 12.2 Å². The summed E-state index contributed by atoms with van der Waals surface area (Å²) in [5, 5.41) is 7.67. The Balaban J connectivity index is 2.13. The van der Waals surface area contributed by atoms with E-state index >= 15 is 0 Å². The van der Waals surface area contributed by atoms with Crippen molar-refractivity contribution in [3.63, 3.8) is 0 Å². The Morgan fingerprint density at radius 2 is 2.17 bits per heavy atom. The standard InChI is InChI=1S/C12H24N4O2/c1-11(2)8-13-9-12-14-10-16(15-12)4-5-18-7-6-17-3/h10-11,13H,4-9H2,1-3H3. The first-order chi connectivity index (χ1) is 8.72. The third kappa shape index (κ3) is 6.68. The number of hydrogen-bond acceptors (Lipinski definition) is 5. The summed E-state index contributed by atoms with van der Waals surface area (Å²) < 4.78 is 12.1. The van der Waals surface area contributed by atoms with Crippen molar-refractivity contribution in [2.24, 2.45) is 5.92 Å². The molecule has 0 amide bonds. The van der Waals surface area contributed by atoms with E-state index in [9.17, 15) is 0 Å². The van der Waals surface area contributed by atoms with Gasteiger partial charge in [0.05, 0.1) is 32.9 Å². The van der Waals surface area contributed by atoms with Crippen molar-refractivity contribution in [2.45, 2.75) is 26.9 Å². The molecule has 0 unspecified atom stereocenters. The van der Waals surface area contributed by atoms with Crippen LogP contribution >= 0.6 is 0 Å². The molecule has 1 heterocycles. The van der Waals surface area contributed by atoms with Crippen LogP contribution in [0.15, 0.2) is 6.33 Å². The largest absolute Gasteiger partial charge is 0.382 e. The second-order valence-electron chi connectivity index (χ2n) is 4.55. The number of rotatable bonds is 10. The maximum atomic E-state index is 5.37. The van der Waals surface area contributed by atoms with Crippen molar-refractivity contribution in [1.29, 1.82) is 0 Å². The van der Waals surface area contributed by atoms with Gasteiger partial charge in [0.25, 0.3) is 0 Å². The van der Waals surface area contributed by atoms with Gasteiger partial charge < -0.3 is 14.8 Å². The van der Waals surface area contributed by atoms with Crippen LogP contribution < -0.4 is 5.32 Å². The van der Waals surface area contributed by atoms with E-state index in [0.717, 1.165) is 25.5 Å². The lowest BCUT2D eigenvalue weighted by Crippen LogP contribution is -2.20. The van der Waals surface area contributed by atoms with Crippen LogP contribution in [0.2, 0.25) is 0 Å². The van der Waals surface area contributed by atoms with E-state index in [1.807, 2.05) is 0 Å². The maximum absolute atomic E-state index is 5.37. The summed E-state index contributed by atoms with van der Waals surface area (Å²) in [7, 11) is 1.66. The van der Waals surface area contributed by atoms with Gasteiger partial charge >= 0.3 is 0 Å². The minimum Gasteiger partial charge on any atom is -0.382 e. The average molecular weight is 256 g/mol. The molecule has 1 N–H and O–H groups in total. The molecule has 0 saturated heterocycles. The van der Waals surface area contributed by atoms with Crippen LogP contribution in [0.1, 0.15) is 19.7 Å². The molecule has 0 aliphatic rings. The highest BCUT2D eigenvalue weighted by Gasteiger charge is 2.01. The van der Waals surface area contributed by atoms with Crippen molar-refractivity contribution >= 4 is 0 Å². The van der Waals surface area contributed by atoms with Crippen LogP contribution in [0.25, 0.3) is 0 Å². The van der Waals surface area contributed by atoms with Gasteiger partial charge in [0.2, 0.25) is 0 Å². The Labute approximate surface area is 109 Å². The second kappa shape index (κ2) is 9.02. The van der Waals surface area contributed by atoms with Gasteiger partial charge in [-0.2, -0.15) is 5.10 Å². The molecule has 6 nitrogen and oxygen atoms in total. The highest BCUT2D eigenvalue weighted by Crippen LogP contribution is 1.92. The van der Waals surface area contributed by atoms with Crippen molar-refractivity contribution in [1.82, 2.24) is 20.1 Å². The topological polar surface area (TPSA) is 61.2 Å². The summed E-state index contributed by atoms with van der Waals surface area (Å²) in [6.07, 6.45) is 1.74. The fourth-order valence-corrected chi connectivity index (χ4v) is 1.40. The smallest absolute Gasteiger partial charge is 0.164 e. The fraction of sp³-hybridized carbons (Fsp3) is 0.833. The average Bonchev–Trinajstić information content (AvgIpc) is 2.76. The van der Waals surface area contributed by atoms with Crippen LogP contribution in [0.4, 0.5) is 0 Å². The third-order valence-corrected chi connectivity index (χ3v) is 2.32. The molecule has 0 aliphatic heterocycles. The van der Waals surface area contributed by atoms with Gasteiger partial charge in [0, 0.05) is 7.11 Å². The van der Waals surface area contributed by atoms with E-state index in [-0.39, 0.29) is 0 Å². The molecule has 0 spiro atoms. The van der Waals surface area contributed by atoms with E-state index in [1.165, 1.54) is 0 Å². The van der Waals surface area contributed by atoms with Crippen LogP contribution in [0, 0.1) is 5.92 Å². The van der Waals surface area contributed by atoms with Gasteiger partial charge in [-0.25, -0.2) is 4.98 Å². The number of nitrogens with one attached hydrogen (secondary N) is 1. The number of hydrogen-bond donors (Lipinski definition) is 1. The summed E-state index contributed by atoms with van der Waals surface area (Å²) in [6, 6.07) is 0. The van der Waals surface area contributed by atoms with Crippen LogP contribution in [0.5, 0.6) is 0 Å². The van der Waals surface area contributed by atoms with Gasteiger partial charge in [-0.3, -0.25) is 4.68 Å². The molecule has 0 atom stereocenters. The lowest BCUT2D eigenvalue weighted by atomic mass is 10.2. The predicted molar refractivity (Wildman–Crippen MR) is 69.3 cm³/mol. The summed E-state index contributed by atoms with van der Waals surface area (Å²) in [5.74, 6) is 1.47. The molecule has 0 aliphatic carbocycles. The summed E-state index contributed by atoms with van der Waals surface area (Å²) in [5.41, 5.74) is 0. The van der Waals surface area contributed by atoms with E-state index in [4.69, 9.17) is 9.47 Å². The highest BCUT2D eigenvalue weighted by atomic mass is 16.5. The lowest BCUT2D eigenvalue weighted by molar-refractivity contribution is 0.0653. The van der Waals surface area contributed by atoms with Gasteiger partial charge in [-0.1, -0.05) is 13.8 Å². The Morgan fingerprint density at radius 1 is 1.33 bits per heavy atom. The predicted octanol–water partition coefficient (Wildman–Crippen LogP) is 0.687. The highest BCUT2D eigenvalue weighted by molar-refractivity contribution is 4.80. The normalized spacial score (nSPS) is 11.3. The zero-order valence-corrected chi connectivity index (χ0v) is 11.6. The van der Waals surface area contributed by atoms with E-state index in [2.05, 4.69) is 29.2 Å². The van der Waals surface area contributed by atoms with Crippen LogP contribution in [-0.2, 0) is 22.6 Å². The zero-order chi connectivity index (χ0) is 13.2. The molecule has 0 bridgehead atoms. The van der Waals surface area contributed by atoms with Crippen molar-refractivity contribution in [3.8, 4) is 0 Å². The molecule has 1 rings (SSSR count). The minimum atomic E-state index is 0.619.